The van der Waals surface area contributed by atoms with Crippen LogP contribution in [0, 0.1) is 0 Å². The van der Waals surface area contributed by atoms with Gasteiger partial charge in [-0.3, -0.25) is 4.57 Å². The number of hydrogen-bond donors (Lipinski definition) is 0. The minimum atomic E-state index is 0.659. The summed E-state index contributed by atoms with van der Waals surface area (Å²) in [6, 6.07) is 48.9. The minimum Gasteiger partial charge on any atom is -0.456 e. The summed E-state index contributed by atoms with van der Waals surface area (Å²) in [5, 5.41) is 10.3. The van der Waals surface area contributed by atoms with Gasteiger partial charge in [0.1, 0.15) is 11.2 Å². The molecule has 44 heavy (non-hydrogen) atoms. The average molecular weight is 562 g/mol. The van der Waals surface area contributed by atoms with E-state index >= 15 is 0 Å². The van der Waals surface area contributed by atoms with Gasteiger partial charge in [-0.05, 0) is 64.0 Å². The van der Waals surface area contributed by atoms with E-state index in [-0.39, 0.29) is 0 Å². The van der Waals surface area contributed by atoms with E-state index in [2.05, 4.69) is 126 Å². The highest BCUT2D eigenvalue weighted by Crippen LogP contribution is 2.40. The molecule has 3 heterocycles. The number of nitrogens with zero attached hydrogens (tertiary/aromatic N) is 3. The van der Waals surface area contributed by atoms with Crippen LogP contribution in [0.25, 0.3) is 93.4 Å². The molecule has 3 aromatic heterocycles. The summed E-state index contributed by atoms with van der Waals surface area (Å²) in [5.74, 6) is 0.659. The Labute approximate surface area is 251 Å². The van der Waals surface area contributed by atoms with Crippen LogP contribution in [0.4, 0.5) is 0 Å². The molecule has 0 amide bonds. The zero-order valence-electron chi connectivity index (χ0n) is 23.5. The molecular weight excluding hydrogens is 538 g/mol. The molecule has 10 rings (SSSR count). The third kappa shape index (κ3) is 3.22. The zero-order chi connectivity index (χ0) is 28.8. The fourth-order valence-electron chi connectivity index (χ4n) is 7.03. The van der Waals surface area contributed by atoms with E-state index in [4.69, 9.17) is 14.4 Å². The van der Waals surface area contributed by atoms with Crippen LogP contribution in [0.3, 0.4) is 0 Å². The van der Waals surface area contributed by atoms with Crippen molar-refractivity contribution in [2.75, 3.05) is 0 Å². The Hall–Kier alpha value is -6.00. The maximum atomic E-state index is 6.23. The molecule has 4 heteroatoms. The summed E-state index contributed by atoms with van der Waals surface area (Å²) in [4.78, 5) is 10.6. The highest BCUT2D eigenvalue weighted by atomic mass is 16.3. The first-order chi connectivity index (χ1) is 21.8. The SMILES string of the molecule is c1ccc2cc3c(cc2c1)c1ccccc1n3-c1nc(-c2cccc3c2ccc2oc4ccccc4c23)c2ccccc2n1. The summed E-state index contributed by atoms with van der Waals surface area (Å²) in [6.07, 6.45) is 0. The van der Waals surface area contributed by atoms with Crippen LogP contribution in [0.1, 0.15) is 0 Å². The smallest absolute Gasteiger partial charge is 0.235 e. The van der Waals surface area contributed by atoms with Gasteiger partial charge in [0.05, 0.1) is 22.2 Å². The van der Waals surface area contributed by atoms with Crippen molar-refractivity contribution in [2.45, 2.75) is 0 Å². The van der Waals surface area contributed by atoms with Crippen molar-refractivity contribution < 1.29 is 4.42 Å². The van der Waals surface area contributed by atoms with Crippen LogP contribution >= 0.6 is 0 Å². The molecule has 0 fully saturated rings. The van der Waals surface area contributed by atoms with Gasteiger partial charge in [0, 0.05) is 32.5 Å². The molecule has 0 aliphatic rings. The van der Waals surface area contributed by atoms with Crippen molar-refractivity contribution in [3.8, 4) is 17.2 Å². The topological polar surface area (TPSA) is 43.9 Å². The van der Waals surface area contributed by atoms with E-state index in [0.29, 0.717) is 5.95 Å². The van der Waals surface area contributed by atoms with Gasteiger partial charge in [-0.2, -0.15) is 0 Å². The average Bonchev–Trinajstić information content (AvgIpc) is 3.62. The van der Waals surface area contributed by atoms with Crippen molar-refractivity contribution in [1.82, 2.24) is 14.5 Å². The summed E-state index contributed by atoms with van der Waals surface area (Å²) in [6.45, 7) is 0. The molecule has 0 aliphatic heterocycles. The molecular formula is C40H23N3O. The second-order valence-electron chi connectivity index (χ2n) is 11.4. The van der Waals surface area contributed by atoms with Crippen molar-refractivity contribution >= 4 is 76.2 Å². The number of para-hydroxylation sites is 3. The molecule has 0 N–H and O–H groups in total. The lowest BCUT2D eigenvalue weighted by molar-refractivity contribution is 0.669. The summed E-state index contributed by atoms with van der Waals surface area (Å²) < 4.78 is 8.45. The van der Waals surface area contributed by atoms with Crippen LogP contribution in [0.2, 0.25) is 0 Å². The number of rotatable bonds is 2. The number of hydrogen-bond acceptors (Lipinski definition) is 3. The molecule has 204 valence electrons. The first kappa shape index (κ1) is 23.6. The Morgan fingerprint density at radius 2 is 1.18 bits per heavy atom. The van der Waals surface area contributed by atoms with Gasteiger partial charge < -0.3 is 4.42 Å². The molecule has 7 aromatic carbocycles. The molecule has 0 radical (unpaired) electrons. The second kappa shape index (κ2) is 8.76. The van der Waals surface area contributed by atoms with Crippen molar-refractivity contribution in [1.29, 1.82) is 0 Å². The Kier molecular flexibility index (Phi) is 4.69. The van der Waals surface area contributed by atoms with Crippen molar-refractivity contribution in [3.63, 3.8) is 0 Å². The Bertz CT molecular complexity index is 2790. The lowest BCUT2D eigenvalue weighted by Crippen LogP contribution is -2.03. The molecule has 0 saturated heterocycles. The lowest BCUT2D eigenvalue weighted by Gasteiger charge is -2.13. The van der Waals surface area contributed by atoms with Crippen LogP contribution in [0.5, 0.6) is 0 Å². The Morgan fingerprint density at radius 3 is 2.09 bits per heavy atom. The quantitative estimate of drug-likeness (QED) is 0.211. The van der Waals surface area contributed by atoms with Gasteiger partial charge in [0.25, 0.3) is 0 Å². The van der Waals surface area contributed by atoms with Gasteiger partial charge >= 0.3 is 0 Å². The van der Waals surface area contributed by atoms with Gasteiger partial charge in [0.15, 0.2) is 0 Å². The van der Waals surface area contributed by atoms with E-state index in [1.165, 1.54) is 21.5 Å². The van der Waals surface area contributed by atoms with E-state index in [9.17, 15) is 0 Å². The summed E-state index contributed by atoms with van der Waals surface area (Å²) >= 11 is 0. The molecule has 0 spiro atoms. The number of fused-ring (bicyclic) bond motifs is 10. The summed E-state index contributed by atoms with van der Waals surface area (Å²) in [7, 11) is 0. The lowest BCUT2D eigenvalue weighted by atomic mass is 9.96. The highest BCUT2D eigenvalue weighted by molar-refractivity contribution is 6.21. The highest BCUT2D eigenvalue weighted by Gasteiger charge is 2.19. The van der Waals surface area contributed by atoms with Gasteiger partial charge in [-0.1, -0.05) is 97.1 Å². The van der Waals surface area contributed by atoms with Crippen LogP contribution < -0.4 is 0 Å². The van der Waals surface area contributed by atoms with Crippen molar-refractivity contribution in [3.05, 3.63) is 140 Å². The van der Waals surface area contributed by atoms with E-state index in [1.54, 1.807) is 0 Å². The first-order valence-electron chi connectivity index (χ1n) is 14.8. The third-order valence-corrected chi connectivity index (χ3v) is 8.99. The number of aromatic nitrogens is 3. The zero-order valence-corrected chi connectivity index (χ0v) is 23.5. The van der Waals surface area contributed by atoms with Gasteiger partial charge in [-0.25, -0.2) is 9.97 Å². The Morgan fingerprint density at radius 1 is 0.455 bits per heavy atom. The third-order valence-electron chi connectivity index (χ3n) is 8.99. The van der Waals surface area contributed by atoms with Gasteiger partial charge in [-0.15, -0.1) is 0 Å². The fraction of sp³-hybridized carbons (Fsp3) is 0. The molecule has 0 bridgehead atoms. The largest absolute Gasteiger partial charge is 0.456 e. The molecule has 0 atom stereocenters. The molecule has 0 aliphatic carbocycles. The molecule has 0 saturated carbocycles. The van der Waals surface area contributed by atoms with Crippen molar-refractivity contribution in [2.24, 2.45) is 0 Å². The van der Waals surface area contributed by atoms with Crippen LogP contribution in [-0.4, -0.2) is 14.5 Å². The van der Waals surface area contributed by atoms with Crippen LogP contribution in [-0.2, 0) is 0 Å². The predicted molar refractivity (Wildman–Crippen MR) is 182 cm³/mol. The molecule has 4 nitrogen and oxygen atoms in total. The number of benzene rings is 7. The maximum absolute atomic E-state index is 6.23. The maximum Gasteiger partial charge on any atom is 0.235 e. The number of furan rings is 1. The molecule has 10 aromatic rings. The van der Waals surface area contributed by atoms with E-state index in [1.807, 2.05) is 18.2 Å². The van der Waals surface area contributed by atoms with Crippen LogP contribution in [0.15, 0.2) is 144 Å². The fourth-order valence-corrected chi connectivity index (χ4v) is 7.03. The Balaban J connectivity index is 1.32. The first-order valence-corrected chi connectivity index (χ1v) is 14.8. The van der Waals surface area contributed by atoms with E-state index < -0.39 is 0 Å². The summed E-state index contributed by atoms with van der Waals surface area (Å²) in [5.41, 5.74) is 6.86. The second-order valence-corrected chi connectivity index (χ2v) is 11.4. The van der Waals surface area contributed by atoms with E-state index in [0.717, 1.165) is 65.9 Å². The minimum absolute atomic E-state index is 0.659. The van der Waals surface area contributed by atoms with Gasteiger partial charge in [0.2, 0.25) is 5.95 Å². The monoisotopic (exact) mass is 561 g/mol. The molecule has 0 unspecified atom stereocenters. The normalized spacial score (nSPS) is 12.1. The predicted octanol–water partition coefficient (Wildman–Crippen LogP) is 10.6. The standard InChI is InChI=1S/C40H23N3O/c1-2-11-25-23-35-32(22-24(25)10-1)27-12-4-7-18-34(27)43(35)40-41-33-17-6-3-13-30(33)39(42-40)29-16-9-15-28-26(29)20-21-37-38(28)31-14-5-8-19-36(31)44-37/h1-23H.